The zero-order valence-electron chi connectivity index (χ0n) is 17.0. The van der Waals surface area contributed by atoms with Crippen LogP contribution in [-0.4, -0.2) is 49.9 Å². The van der Waals surface area contributed by atoms with E-state index in [-0.39, 0.29) is 11.9 Å². The summed E-state index contributed by atoms with van der Waals surface area (Å²) in [7, 11) is 4.09. The number of carbonyl (C=O) groups is 1. The largest absolute Gasteiger partial charge is 0.377 e. The van der Waals surface area contributed by atoms with Crippen molar-refractivity contribution in [2.75, 3.05) is 33.0 Å². The van der Waals surface area contributed by atoms with Gasteiger partial charge in [0, 0.05) is 23.8 Å². The van der Waals surface area contributed by atoms with Crippen molar-refractivity contribution < 1.29 is 9.53 Å². The first-order valence-corrected chi connectivity index (χ1v) is 10.9. The average Bonchev–Trinajstić information content (AvgIpc) is 3.21. The molecule has 1 saturated heterocycles. The van der Waals surface area contributed by atoms with Gasteiger partial charge in [0.15, 0.2) is 0 Å². The number of rotatable bonds is 8. The summed E-state index contributed by atoms with van der Waals surface area (Å²) in [4.78, 5) is 16.1. The van der Waals surface area contributed by atoms with Crippen LogP contribution >= 0.6 is 11.8 Å². The molecule has 0 spiro atoms. The Kier molecular flexibility index (Phi) is 7.54. The lowest BCUT2D eigenvalue weighted by molar-refractivity contribution is 0.0938. The van der Waals surface area contributed by atoms with E-state index in [9.17, 15) is 4.79 Å². The van der Waals surface area contributed by atoms with Crippen molar-refractivity contribution in [3.8, 4) is 0 Å². The quantitative estimate of drug-likeness (QED) is 0.673. The Morgan fingerprint density at radius 3 is 2.64 bits per heavy atom. The van der Waals surface area contributed by atoms with Crippen molar-refractivity contribution in [2.24, 2.45) is 0 Å². The lowest BCUT2D eigenvalue weighted by Crippen LogP contribution is -2.34. The van der Waals surface area contributed by atoms with Crippen molar-refractivity contribution in [1.29, 1.82) is 0 Å². The molecule has 0 aromatic heterocycles. The highest BCUT2D eigenvalue weighted by Crippen LogP contribution is 2.27. The number of thioether (sulfide) groups is 1. The summed E-state index contributed by atoms with van der Waals surface area (Å²) in [5.74, 6) is 0.878. The van der Waals surface area contributed by atoms with Gasteiger partial charge in [0.2, 0.25) is 0 Å². The molecule has 3 rings (SSSR count). The molecule has 1 aliphatic heterocycles. The monoisotopic (exact) mass is 398 g/mol. The number of amides is 1. The molecular formula is C23H30N2O2S. The molecule has 0 saturated carbocycles. The number of benzene rings is 2. The smallest absolute Gasteiger partial charge is 0.252 e. The van der Waals surface area contributed by atoms with Crippen LogP contribution < -0.4 is 5.32 Å². The molecule has 1 aliphatic rings. The van der Waals surface area contributed by atoms with Gasteiger partial charge in [0.25, 0.3) is 5.91 Å². The van der Waals surface area contributed by atoms with Gasteiger partial charge in [-0.2, -0.15) is 0 Å². The Bertz CT molecular complexity index is 770. The van der Waals surface area contributed by atoms with E-state index in [2.05, 4.69) is 41.4 Å². The van der Waals surface area contributed by atoms with Crippen molar-refractivity contribution >= 4 is 17.7 Å². The van der Waals surface area contributed by atoms with Gasteiger partial charge in [-0.25, -0.2) is 0 Å². The zero-order chi connectivity index (χ0) is 19.9. The average molecular weight is 399 g/mol. The summed E-state index contributed by atoms with van der Waals surface area (Å²) in [6.07, 6.45) is 2.56. The van der Waals surface area contributed by atoms with Crippen molar-refractivity contribution in [3.05, 3.63) is 65.2 Å². The highest BCUT2D eigenvalue weighted by molar-refractivity contribution is 7.99. The molecule has 4 nitrogen and oxygen atoms in total. The molecule has 2 aromatic carbocycles. The second-order valence-corrected chi connectivity index (χ2v) is 8.60. The fourth-order valence-electron chi connectivity index (χ4n) is 3.41. The molecule has 1 amide bonds. The fourth-order valence-corrected chi connectivity index (χ4v) is 4.53. The zero-order valence-corrected chi connectivity index (χ0v) is 17.8. The van der Waals surface area contributed by atoms with E-state index in [1.807, 2.05) is 38.4 Å². The third kappa shape index (κ3) is 5.60. The first kappa shape index (κ1) is 20.9. The number of aryl methyl sites for hydroxylation is 1. The Morgan fingerprint density at radius 1 is 1.21 bits per heavy atom. The van der Waals surface area contributed by atoms with Crippen molar-refractivity contribution in [3.63, 3.8) is 0 Å². The van der Waals surface area contributed by atoms with Crippen molar-refractivity contribution in [2.45, 2.75) is 36.8 Å². The summed E-state index contributed by atoms with van der Waals surface area (Å²) in [5.41, 5.74) is 3.19. The molecular weight excluding hydrogens is 368 g/mol. The highest BCUT2D eigenvalue weighted by Gasteiger charge is 2.19. The van der Waals surface area contributed by atoms with Gasteiger partial charge in [-0.05, 0) is 51.6 Å². The number of ether oxygens (including phenoxy) is 1. The second-order valence-electron chi connectivity index (χ2n) is 7.54. The van der Waals surface area contributed by atoms with Crippen LogP contribution in [0.3, 0.4) is 0 Å². The van der Waals surface area contributed by atoms with Gasteiger partial charge in [-0.1, -0.05) is 42.0 Å². The van der Waals surface area contributed by atoms with Gasteiger partial charge in [0.1, 0.15) is 0 Å². The fraction of sp³-hybridized carbons (Fsp3) is 0.435. The molecule has 150 valence electrons. The van der Waals surface area contributed by atoms with E-state index in [0.29, 0.717) is 12.6 Å². The third-order valence-corrected chi connectivity index (χ3v) is 6.33. The molecule has 1 N–H and O–H groups in total. The Morgan fingerprint density at radius 2 is 1.96 bits per heavy atom. The van der Waals surface area contributed by atoms with E-state index in [4.69, 9.17) is 4.74 Å². The predicted octanol–water partition coefficient (Wildman–Crippen LogP) is 4.30. The summed E-state index contributed by atoms with van der Waals surface area (Å²) in [5, 5.41) is 3.14. The third-order valence-electron chi connectivity index (χ3n) is 5.12. The number of hydrogen-bond donors (Lipinski definition) is 1. The Labute approximate surface area is 172 Å². The van der Waals surface area contributed by atoms with Crippen LogP contribution in [0.4, 0.5) is 0 Å². The lowest BCUT2D eigenvalue weighted by Gasteiger charge is -2.25. The number of carbonyl (C=O) groups excluding carboxylic acids is 1. The molecule has 2 aromatic rings. The summed E-state index contributed by atoms with van der Waals surface area (Å²) >= 11 is 1.71. The maximum Gasteiger partial charge on any atom is 0.252 e. The number of nitrogens with zero attached hydrogens (tertiary/aromatic N) is 1. The standard InChI is InChI=1S/C23H30N2O2S/c1-17-10-12-18(13-11-17)21(25(2)3)15-24-23(26)20-8-4-5-9-22(20)28-16-19-7-6-14-27-19/h4-5,8-13,19,21H,6-7,14-16H2,1-3H3,(H,24,26). The second kappa shape index (κ2) is 10.1. The number of nitrogens with one attached hydrogen (secondary N) is 1. The molecule has 0 aliphatic carbocycles. The van der Waals surface area contributed by atoms with Crippen LogP contribution in [0.25, 0.3) is 0 Å². The minimum absolute atomic E-state index is 0.0191. The van der Waals surface area contributed by atoms with Crippen LogP contribution in [0, 0.1) is 6.92 Å². The van der Waals surface area contributed by atoms with E-state index in [1.165, 1.54) is 11.1 Å². The van der Waals surface area contributed by atoms with Crippen LogP contribution in [0.2, 0.25) is 0 Å². The number of hydrogen-bond acceptors (Lipinski definition) is 4. The van der Waals surface area contributed by atoms with Crippen LogP contribution in [-0.2, 0) is 4.74 Å². The first-order chi connectivity index (χ1) is 13.5. The SMILES string of the molecule is Cc1ccc(C(CNC(=O)c2ccccc2SCC2CCCO2)N(C)C)cc1. The van der Waals surface area contributed by atoms with Crippen molar-refractivity contribution in [1.82, 2.24) is 10.2 Å². The van der Waals surface area contributed by atoms with Crippen LogP contribution in [0.15, 0.2) is 53.4 Å². The molecule has 2 atom stereocenters. The molecule has 5 heteroatoms. The predicted molar refractivity (Wildman–Crippen MR) is 116 cm³/mol. The topological polar surface area (TPSA) is 41.6 Å². The molecule has 2 unspecified atom stereocenters. The molecule has 28 heavy (non-hydrogen) atoms. The van der Waals surface area contributed by atoms with Gasteiger partial charge >= 0.3 is 0 Å². The van der Waals surface area contributed by atoms with Gasteiger partial charge in [-0.15, -0.1) is 11.8 Å². The summed E-state index contributed by atoms with van der Waals surface area (Å²) < 4.78 is 5.71. The maximum absolute atomic E-state index is 12.9. The first-order valence-electron chi connectivity index (χ1n) is 9.89. The van der Waals surface area contributed by atoms with E-state index in [0.717, 1.165) is 35.7 Å². The van der Waals surface area contributed by atoms with Gasteiger partial charge in [0.05, 0.1) is 17.7 Å². The molecule has 1 heterocycles. The Balaban J connectivity index is 1.64. The lowest BCUT2D eigenvalue weighted by atomic mass is 10.0. The van der Waals surface area contributed by atoms with Gasteiger partial charge < -0.3 is 15.0 Å². The molecule has 0 radical (unpaired) electrons. The minimum Gasteiger partial charge on any atom is -0.377 e. The molecule has 0 bridgehead atoms. The maximum atomic E-state index is 12.9. The minimum atomic E-state index is -0.0191. The Hall–Kier alpha value is -1.82. The normalized spacial score (nSPS) is 17.6. The number of likely N-dealkylation sites (N-methyl/N-ethyl adjacent to an activating group) is 1. The highest BCUT2D eigenvalue weighted by atomic mass is 32.2. The van der Waals surface area contributed by atoms with E-state index < -0.39 is 0 Å². The van der Waals surface area contributed by atoms with E-state index >= 15 is 0 Å². The molecule has 1 fully saturated rings. The van der Waals surface area contributed by atoms with Crippen LogP contribution in [0.5, 0.6) is 0 Å². The summed E-state index contributed by atoms with van der Waals surface area (Å²) in [6.45, 7) is 3.51. The van der Waals surface area contributed by atoms with Gasteiger partial charge in [-0.3, -0.25) is 4.79 Å². The van der Waals surface area contributed by atoms with E-state index in [1.54, 1.807) is 11.8 Å². The summed E-state index contributed by atoms with van der Waals surface area (Å²) in [6, 6.07) is 16.5. The van der Waals surface area contributed by atoms with Crippen LogP contribution in [0.1, 0.15) is 40.4 Å².